The molecule has 2 nitrogen and oxygen atoms in total. The highest BCUT2D eigenvalue weighted by atomic mass is 32.1. The van der Waals surface area contributed by atoms with Crippen LogP contribution in [0.2, 0.25) is 0 Å². The van der Waals surface area contributed by atoms with E-state index in [-0.39, 0.29) is 5.82 Å². The Bertz CT molecular complexity index is 491. The Balaban J connectivity index is 1.81. The molecule has 1 heterocycles. The quantitative estimate of drug-likeness (QED) is 0.820. The van der Waals surface area contributed by atoms with Crippen LogP contribution in [0.1, 0.15) is 11.3 Å². The lowest BCUT2D eigenvalue weighted by atomic mass is 10.2. The summed E-state index contributed by atoms with van der Waals surface area (Å²) in [7, 11) is 2.05. The second kappa shape index (κ2) is 6.42. The molecule has 0 aliphatic carbocycles. The number of nitrogens with zero attached hydrogens (tertiary/aromatic N) is 2. The molecule has 0 bridgehead atoms. The minimum absolute atomic E-state index is 0.201. The summed E-state index contributed by atoms with van der Waals surface area (Å²) in [5.74, 6) is -0.201. The van der Waals surface area contributed by atoms with Crippen LogP contribution in [-0.4, -0.2) is 23.5 Å². The van der Waals surface area contributed by atoms with Crippen LogP contribution in [0.5, 0.6) is 0 Å². The molecule has 0 radical (unpaired) electrons. The molecule has 1 aromatic carbocycles. The monoisotopic (exact) mass is 262 g/mol. The summed E-state index contributed by atoms with van der Waals surface area (Å²) in [6, 6.07) is 6.48. The molecule has 0 atom stereocenters. The van der Waals surface area contributed by atoms with Gasteiger partial charge in [-0.25, -0.2) is 9.37 Å². The number of hydrogen-bond acceptors (Lipinski definition) is 3. The van der Waals surface area contributed by atoms with Gasteiger partial charge in [0.1, 0.15) is 5.82 Å². The zero-order valence-electron chi connectivity index (χ0n) is 10.2. The lowest BCUT2D eigenvalue weighted by Gasteiger charge is -2.11. The highest BCUT2D eigenvalue weighted by Crippen LogP contribution is 2.06. The van der Waals surface area contributed by atoms with Crippen molar-refractivity contribution in [1.82, 2.24) is 9.88 Å². The third-order valence-corrected chi connectivity index (χ3v) is 3.15. The van der Waals surface area contributed by atoms with Crippen LogP contribution < -0.4 is 0 Å². The van der Waals surface area contributed by atoms with Gasteiger partial charge in [0.25, 0.3) is 0 Å². The number of likely N-dealkylation sites (N-methyl/N-ethyl adjacent to an activating group) is 1. The molecule has 2 aromatic rings. The van der Waals surface area contributed by atoms with E-state index in [1.54, 1.807) is 23.5 Å². The van der Waals surface area contributed by atoms with Crippen molar-refractivity contribution in [2.24, 2.45) is 0 Å². The highest BCUT2D eigenvalue weighted by Gasteiger charge is 1.99. The zero-order chi connectivity index (χ0) is 12.8. The summed E-state index contributed by atoms with van der Waals surface area (Å²) >= 11 is 1.61. The average molecular weight is 262 g/mol. The molecule has 18 heavy (non-hydrogen) atoms. The molecule has 0 aliphatic heterocycles. The Hall–Kier alpha value is -1.52. The van der Waals surface area contributed by atoms with E-state index in [1.807, 2.05) is 18.6 Å². The van der Waals surface area contributed by atoms with E-state index in [4.69, 9.17) is 0 Å². The second-order valence-electron chi connectivity index (χ2n) is 4.13. The third-order valence-electron chi connectivity index (χ3n) is 2.51. The molecule has 0 saturated heterocycles. The van der Waals surface area contributed by atoms with Gasteiger partial charge in [-0.3, -0.25) is 4.90 Å². The van der Waals surface area contributed by atoms with Crippen molar-refractivity contribution in [2.75, 3.05) is 13.6 Å². The van der Waals surface area contributed by atoms with Gasteiger partial charge in [-0.15, -0.1) is 11.3 Å². The van der Waals surface area contributed by atoms with Crippen molar-refractivity contribution >= 4 is 17.4 Å². The van der Waals surface area contributed by atoms with Gasteiger partial charge in [0.15, 0.2) is 0 Å². The fraction of sp³-hybridized carbons (Fsp3) is 0.214. The maximum absolute atomic E-state index is 12.7. The minimum Gasteiger partial charge on any atom is -0.297 e. The smallest absolute Gasteiger partial charge is 0.123 e. The summed E-state index contributed by atoms with van der Waals surface area (Å²) in [5, 5.41) is 2.06. The maximum Gasteiger partial charge on any atom is 0.123 e. The number of hydrogen-bond donors (Lipinski definition) is 0. The van der Waals surface area contributed by atoms with Gasteiger partial charge in [0.05, 0.1) is 11.2 Å². The van der Waals surface area contributed by atoms with Crippen molar-refractivity contribution in [2.45, 2.75) is 6.54 Å². The van der Waals surface area contributed by atoms with Crippen LogP contribution in [0.15, 0.2) is 41.2 Å². The molecule has 4 heteroatoms. The first-order valence-corrected chi connectivity index (χ1v) is 6.66. The Morgan fingerprint density at radius 3 is 2.78 bits per heavy atom. The van der Waals surface area contributed by atoms with E-state index in [2.05, 4.69) is 21.3 Å². The van der Waals surface area contributed by atoms with Gasteiger partial charge in [0.2, 0.25) is 0 Å². The summed E-state index contributed by atoms with van der Waals surface area (Å²) in [4.78, 5) is 6.42. The summed E-state index contributed by atoms with van der Waals surface area (Å²) in [5.41, 5.74) is 3.95. The molecular formula is C14H15FN2S. The summed E-state index contributed by atoms with van der Waals surface area (Å²) in [6.45, 7) is 1.69. The molecule has 0 N–H and O–H groups in total. The lowest BCUT2D eigenvalue weighted by molar-refractivity contribution is 0.360. The SMILES string of the molecule is CN(C/C=C/c1ccc(F)cc1)Cc1cscn1. The fourth-order valence-electron chi connectivity index (χ4n) is 1.60. The van der Waals surface area contributed by atoms with E-state index in [9.17, 15) is 4.39 Å². The molecule has 0 unspecified atom stereocenters. The van der Waals surface area contributed by atoms with E-state index in [0.717, 1.165) is 24.3 Å². The number of benzene rings is 1. The normalized spacial score (nSPS) is 11.5. The van der Waals surface area contributed by atoms with Crippen molar-refractivity contribution < 1.29 is 4.39 Å². The molecular weight excluding hydrogens is 247 g/mol. The molecule has 0 spiro atoms. The predicted octanol–water partition coefficient (Wildman–Crippen LogP) is 3.43. The second-order valence-corrected chi connectivity index (χ2v) is 4.85. The first-order valence-electron chi connectivity index (χ1n) is 5.72. The van der Waals surface area contributed by atoms with Crippen LogP contribution >= 0.6 is 11.3 Å². The van der Waals surface area contributed by atoms with E-state index in [0.29, 0.717) is 0 Å². The first kappa shape index (κ1) is 12.9. The standard InChI is InChI=1S/C14H15FN2S/c1-17(9-14-10-18-11-16-14)8-2-3-12-4-6-13(15)7-5-12/h2-7,10-11H,8-9H2,1H3/b3-2+. The van der Waals surface area contributed by atoms with Crippen LogP contribution in [0.3, 0.4) is 0 Å². The average Bonchev–Trinajstić information content (AvgIpc) is 2.84. The summed E-state index contributed by atoms with van der Waals surface area (Å²) < 4.78 is 12.7. The topological polar surface area (TPSA) is 16.1 Å². The van der Waals surface area contributed by atoms with Gasteiger partial charge in [-0.05, 0) is 24.7 Å². The van der Waals surface area contributed by atoms with Gasteiger partial charge in [-0.1, -0.05) is 24.3 Å². The van der Waals surface area contributed by atoms with Crippen LogP contribution in [0.4, 0.5) is 4.39 Å². The molecule has 0 aliphatic rings. The number of aromatic nitrogens is 1. The first-order chi connectivity index (χ1) is 8.74. The van der Waals surface area contributed by atoms with Crippen molar-refractivity contribution in [3.8, 4) is 0 Å². The summed E-state index contributed by atoms with van der Waals surface area (Å²) in [6.07, 6.45) is 4.07. The lowest BCUT2D eigenvalue weighted by Crippen LogP contribution is -2.17. The third kappa shape index (κ3) is 4.05. The molecule has 1 aromatic heterocycles. The minimum atomic E-state index is -0.201. The molecule has 2 rings (SSSR count). The Kier molecular flexibility index (Phi) is 4.61. The van der Waals surface area contributed by atoms with Gasteiger partial charge >= 0.3 is 0 Å². The van der Waals surface area contributed by atoms with E-state index < -0.39 is 0 Å². The Labute approximate surface area is 110 Å². The molecule has 0 fully saturated rings. The van der Waals surface area contributed by atoms with Gasteiger partial charge in [0, 0.05) is 18.5 Å². The van der Waals surface area contributed by atoms with Gasteiger partial charge in [-0.2, -0.15) is 0 Å². The molecule has 94 valence electrons. The number of rotatable bonds is 5. The van der Waals surface area contributed by atoms with Crippen molar-refractivity contribution in [3.63, 3.8) is 0 Å². The number of halogens is 1. The van der Waals surface area contributed by atoms with E-state index >= 15 is 0 Å². The van der Waals surface area contributed by atoms with Crippen LogP contribution in [0, 0.1) is 5.82 Å². The maximum atomic E-state index is 12.7. The largest absolute Gasteiger partial charge is 0.297 e. The number of thiazole rings is 1. The Morgan fingerprint density at radius 2 is 2.11 bits per heavy atom. The van der Waals surface area contributed by atoms with Crippen LogP contribution in [0.25, 0.3) is 6.08 Å². The van der Waals surface area contributed by atoms with Crippen LogP contribution in [-0.2, 0) is 6.54 Å². The predicted molar refractivity (Wildman–Crippen MR) is 73.9 cm³/mol. The molecule has 0 amide bonds. The fourth-order valence-corrected chi connectivity index (χ4v) is 2.15. The zero-order valence-corrected chi connectivity index (χ0v) is 11.0. The molecule has 0 saturated carbocycles. The Morgan fingerprint density at radius 1 is 1.33 bits per heavy atom. The van der Waals surface area contributed by atoms with E-state index in [1.165, 1.54) is 12.1 Å². The van der Waals surface area contributed by atoms with Crippen molar-refractivity contribution in [3.05, 3.63) is 58.3 Å². The van der Waals surface area contributed by atoms with Gasteiger partial charge < -0.3 is 0 Å². The van der Waals surface area contributed by atoms with Crippen molar-refractivity contribution in [1.29, 1.82) is 0 Å². The highest BCUT2D eigenvalue weighted by molar-refractivity contribution is 7.07.